The molecular weight excluding hydrogens is 236 g/mol. The number of hydrogen-bond donors (Lipinski definition) is 3. The molecule has 3 nitrogen and oxygen atoms in total. The van der Waals surface area contributed by atoms with Crippen LogP contribution in [0.1, 0.15) is 17.2 Å². The fraction of sp³-hybridized carbons (Fsp3) is 0.333. The van der Waals surface area contributed by atoms with Crippen LogP contribution >= 0.6 is 15.9 Å². The van der Waals surface area contributed by atoms with Gasteiger partial charge < -0.3 is 15.3 Å². The summed E-state index contributed by atoms with van der Waals surface area (Å²) in [6, 6.07) is 4.68. The molecule has 0 radical (unpaired) electrons. The maximum atomic E-state index is 9.43. The summed E-state index contributed by atoms with van der Waals surface area (Å²) in [4.78, 5) is 0. The van der Waals surface area contributed by atoms with Crippen molar-refractivity contribution in [3.8, 4) is 5.75 Å². The Kier molecular flexibility index (Phi) is 3.71. The van der Waals surface area contributed by atoms with E-state index in [0.717, 1.165) is 0 Å². The normalized spacial score (nSPS) is 12.8. The Balaban J connectivity index is 2.99. The Bertz CT molecular complexity index is 288. The molecule has 0 amide bonds. The van der Waals surface area contributed by atoms with Gasteiger partial charge in [-0.25, -0.2) is 0 Å². The number of aliphatic hydroxyl groups is 2. The first kappa shape index (κ1) is 10.5. The first-order chi connectivity index (χ1) is 6.19. The molecule has 0 fully saturated rings. The van der Waals surface area contributed by atoms with Crippen LogP contribution in [0.3, 0.4) is 0 Å². The second kappa shape index (κ2) is 4.60. The fourth-order valence-corrected chi connectivity index (χ4v) is 1.40. The summed E-state index contributed by atoms with van der Waals surface area (Å²) >= 11 is 3.14. The van der Waals surface area contributed by atoms with Crippen molar-refractivity contribution in [2.24, 2.45) is 0 Å². The molecular formula is C9H11BrO3. The molecule has 1 atom stereocenters. The molecule has 0 aliphatic rings. The molecule has 0 aromatic heterocycles. The number of aliphatic hydroxyl groups excluding tert-OH is 2. The molecule has 3 N–H and O–H groups in total. The lowest BCUT2D eigenvalue weighted by molar-refractivity contribution is 0.204. The third-order valence-corrected chi connectivity index (χ3v) is 2.42. The Labute approximate surface area is 84.8 Å². The van der Waals surface area contributed by atoms with Crippen molar-refractivity contribution in [3.63, 3.8) is 0 Å². The molecule has 4 heteroatoms. The number of benzene rings is 1. The zero-order valence-corrected chi connectivity index (χ0v) is 8.53. The quantitative estimate of drug-likeness (QED) is 0.706. The van der Waals surface area contributed by atoms with Gasteiger partial charge in [0.2, 0.25) is 0 Å². The molecule has 1 aromatic carbocycles. The van der Waals surface area contributed by atoms with Crippen LogP contribution in [0, 0.1) is 0 Å². The van der Waals surface area contributed by atoms with E-state index in [0.29, 0.717) is 16.5 Å². The summed E-state index contributed by atoms with van der Waals surface area (Å²) in [5, 5.41) is 27.9. The largest absolute Gasteiger partial charge is 0.508 e. The van der Waals surface area contributed by atoms with Crippen molar-refractivity contribution < 1.29 is 15.3 Å². The number of rotatable bonds is 3. The Morgan fingerprint density at radius 1 is 1.38 bits per heavy atom. The van der Waals surface area contributed by atoms with E-state index in [1.807, 2.05) is 0 Å². The smallest absolute Gasteiger partial charge is 0.121 e. The minimum absolute atomic E-state index is 0.0491. The Morgan fingerprint density at radius 3 is 2.62 bits per heavy atom. The van der Waals surface area contributed by atoms with Crippen LogP contribution in [0.15, 0.2) is 18.2 Å². The van der Waals surface area contributed by atoms with Crippen LogP contribution in [0.4, 0.5) is 0 Å². The van der Waals surface area contributed by atoms with Gasteiger partial charge in [0.15, 0.2) is 0 Å². The van der Waals surface area contributed by atoms with E-state index in [1.165, 1.54) is 6.07 Å². The second-order valence-corrected chi connectivity index (χ2v) is 3.36. The molecule has 0 aliphatic heterocycles. The molecule has 0 spiro atoms. The van der Waals surface area contributed by atoms with Gasteiger partial charge in [-0.15, -0.1) is 0 Å². The molecule has 0 heterocycles. The van der Waals surface area contributed by atoms with Crippen molar-refractivity contribution in [2.45, 2.75) is 12.7 Å². The van der Waals surface area contributed by atoms with Gasteiger partial charge >= 0.3 is 0 Å². The average molecular weight is 247 g/mol. The van der Waals surface area contributed by atoms with Crippen LogP contribution in [0.2, 0.25) is 0 Å². The van der Waals surface area contributed by atoms with Gasteiger partial charge in [-0.3, -0.25) is 0 Å². The minimum atomic E-state index is -0.606. The minimum Gasteiger partial charge on any atom is -0.508 e. The lowest BCUT2D eigenvalue weighted by atomic mass is 10.1. The van der Waals surface area contributed by atoms with E-state index >= 15 is 0 Å². The molecule has 0 saturated carbocycles. The number of phenols is 1. The van der Waals surface area contributed by atoms with Crippen molar-refractivity contribution in [1.82, 2.24) is 0 Å². The Morgan fingerprint density at radius 2 is 2.08 bits per heavy atom. The van der Waals surface area contributed by atoms with Gasteiger partial charge in [0, 0.05) is 10.9 Å². The lowest BCUT2D eigenvalue weighted by Crippen LogP contribution is -1.99. The highest BCUT2D eigenvalue weighted by Crippen LogP contribution is 2.23. The molecule has 1 unspecified atom stereocenters. The third-order valence-electron chi connectivity index (χ3n) is 1.80. The van der Waals surface area contributed by atoms with Crippen LogP contribution < -0.4 is 0 Å². The highest BCUT2D eigenvalue weighted by atomic mass is 79.9. The summed E-state index contributed by atoms with van der Waals surface area (Å²) in [6.45, 7) is -0.228. The molecule has 1 aromatic rings. The highest BCUT2D eigenvalue weighted by Gasteiger charge is 2.08. The van der Waals surface area contributed by atoms with Crippen LogP contribution in [0.25, 0.3) is 0 Å². The van der Waals surface area contributed by atoms with Crippen molar-refractivity contribution in [2.75, 3.05) is 5.33 Å². The molecule has 1 rings (SSSR count). The molecule has 0 saturated heterocycles. The third kappa shape index (κ3) is 2.43. The summed E-state index contributed by atoms with van der Waals surface area (Å²) < 4.78 is 0. The van der Waals surface area contributed by atoms with Gasteiger partial charge in [-0.1, -0.05) is 22.0 Å². The number of halogens is 1. The number of hydrogen-bond acceptors (Lipinski definition) is 3. The maximum Gasteiger partial charge on any atom is 0.121 e. The maximum absolute atomic E-state index is 9.43. The van der Waals surface area contributed by atoms with Gasteiger partial charge in [-0.05, 0) is 17.7 Å². The van der Waals surface area contributed by atoms with Gasteiger partial charge in [0.05, 0.1) is 12.7 Å². The van der Waals surface area contributed by atoms with Crippen LogP contribution in [-0.4, -0.2) is 20.6 Å². The van der Waals surface area contributed by atoms with E-state index in [4.69, 9.17) is 5.11 Å². The van der Waals surface area contributed by atoms with Crippen LogP contribution in [0.5, 0.6) is 5.75 Å². The first-order valence-corrected chi connectivity index (χ1v) is 4.98. The predicted molar refractivity (Wildman–Crippen MR) is 52.8 cm³/mol. The molecule has 13 heavy (non-hydrogen) atoms. The Hall–Kier alpha value is -0.580. The lowest BCUT2D eigenvalue weighted by Gasteiger charge is -2.09. The van der Waals surface area contributed by atoms with Crippen molar-refractivity contribution in [3.05, 3.63) is 29.3 Å². The fourth-order valence-electron chi connectivity index (χ4n) is 1.03. The molecule has 0 aliphatic carbocycles. The van der Waals surface area contributed by atoms with Crippen LogP contribution in [-0.2, 0) is 6.61 Å². The average Bonchev–Trinajstić information content (AvgIpc) is 2.17. The second-order valence-electron chi connectivity index (χ2n) is 2.72. The predicted octanol–water partition coefficient (Wildman–Crippen LogP) is 1.31. The van der Waals surface area contributed by atoms with Gasteiger partial charge in [-0.2, -0.15) is 0 Å². The van der Waals surface area contributed by atoms with Crippen molar-refractivity contribution in [1.29, 1.82) is 0 Å². The van der Waals surface area contributed by atoms with Gasteiger partial charge in [0.25, 0.3) is 0 Å². The van der Waals surface area contributed by atoms with E-state index in [9.17, 15) is 10.2 Å². The zero-order valence-electron chi connectivity index (χ0n) is 6.94. The van der Waals surface area contributed by atoms with E-state index in [1.54, 1.807) is 12.1 Å². The van der Waals surface area contributed by atoms with E-state index < -0.39 is 6.10 Å². The first-order valence-electron chi connectivity index (χ1n) is 3.85. The molecule has 72 valence electrons. The summed E-state index contributed by atoms with van der Waals surface area (Å²) in [6.07, 6.45) is -0.606. The summed E-state index contributed by atoms with van der Waals surface area (Å²) in [5.74, 6) is 0.0491. The zero-order chi connectivity index (χ0) is 9.84. The highest BCUT2D eigenvalue weighted by molar-refractivity contribution is 9.09. The number of aromatic hydroxyl groups is 1. The SMILES string of the molecule is OCc1cc(C(O)CBr)ccc1O. The summed E-state index contributed by atoms with van der Waals surface area (Å²) in [5.41, 5.74) is 1.11. The van der Waals surface area contributed by atoms with E-state index in [-0.39, 0.29) is 12.4 Å². The van der Waals surface area contributed by atoms with Gasteiger partial charge in [0.1, 0.15) is 5.75 Å². The standard InChI is InChI=1S/C9H11BrO3/c10-4-9(13)6-1-2-8(12)7(3-6)5-11/h1-3,9,11-13H,4-5H2. The van der Waals surface area contributed by atoms with E-state index in [2.05, 4.69) is 15.9 Å². The molecule has 0 bridgehead atoms. The van der Waals surface area contributed by atoms with Crippen molar-refractivity contribution >= 4 is 15.9 Å². The summed E-state index contributed by atoms with van der Waals surface area (Å²) in [7, 11) is 0. The monoisotopic (exact) mass is 246 g/mol. The number of alkyl halides is 1. The topological polar surface area (TPSA) is 60.7 Å².